The summed E-state index contributed by atoms with van der Waals surface area (Å²) in [7, 11) is 0. The maximum atomic E-state index is 11.9. The van der Waals surface area contributed by atoms with E-state index in [9.17, 15) is 9.59 Å². The van der Waals surface area contributed by atoms with Crippen LogP contribution in [0.1, 0.15) is 44.7 Å². The number of imidazole rings is 1. The first-order valence-electron chi connectivity index (χ1n) is 6.89. The van der Waals surface area contributed by atoms with E-state index < -0.39 is 5.97 Å². The third-order valence-electron chi connectivity index (χ3n) is 4.19. The Kier molecular flexibility index (Phi) is 2.74. The molecule has 5 nitrogen and oxygen atoms in total. The van der Waals surface area contributed by atoms with E-state index in [-0.39, 0.29) is 23.6 Å². The maximum Gasteiger partial charge on any atom is 0.326 e. The second kappa shape index (κ2) is 4.23. The van der Waals surface area contributed by atoms with Gasteiger partial charge in [0.15, 0.2) is 0 Å². The van der Waals surface area contributed by atoms with Crippen molar-refractivity contribution in [2.24, 2.45) is 0 Å². The number of aliphatic carboxylic acids is 1. The molecular formula is C15H18N2O3. The summed E-state index contributed by atoms with van der Waals surface area (Å²) < 4.78 is 1.72. The number of fused-ring (bicyclic) bond motifs is 1. The second-order valence-corrected chi connectivity index (χ2v) is 5.98. The number of H-pyrrole nitrogens is 1. The zero-order chi connectivity index (χ0) is 14.5. The number of nitrogens with one attached hydrogen (secondary N) is 1. The van der Waals surface area contributed by atoms with E-state index in [1.807, 2.05) is 32.0 Å². The normalized spacial score (nSPS) is 16.8. The van der Waals surface area contributed by atoms with Gasteiger partial charge in [-0.3, -0.25) is 9.36 Å². The molecule has 1 saturated carbocycles. The van der Waals surface area contributed by atoms with Gasteiger partial charge in [0.1, 0.15) is 0 Å². The van der Waals surface area contributed by atoms with Gasteiger partial charge in [-0.15, -0.1) is 0 Å². The fraction of sp³-hybridized carbons (Fsp3) is 0.467. The fourth-order valence-corrected chi connectivity index (χ4v) is 2.98. The summed E-state index contributed by atoms with van der Waals surface area (Å²) in [5.41, 5.74) is 2.34. The first-order chi connectivity index (χ1) is 9.43. The maximum absolute atomic E-state index is 11.9. The van der Waals surface area contributed by atoms with Gasteiger partial charge in [-0.25, -0.2) is 4.79 Å². The molecular weight excluding hydrogens is 256 g/mol. The molecule has 20 heavy (non-hydrogen) atoms. The van der Waals surface area contributed by atoms with E-state index in [0.29, 0.717) is 0 Å². The highest BCUT2D eigenvalue weighted by Crippen LogP contribution is 2.51. The largest absolute Gasteiger partial charge is 0.481 e. The van der Waals surface area contributed by atoms with Crippen molar-refractivity contribution in [3.8, 4) is 0 Å². The van der Waals surface area contributed by atoms with E-state index in [0.717, 1.165) is 29.4 Å². The molecule has 2 aromatic rings. The van der Waals surface area contributed by atoms with Gasteiger partial charge in [0.25, 0.3) is 0 Å². The first kappa shape index (κ1) is 13.0. The number of aromatic amines is 1. The molecule has 1 aliphatic carbocycles. The molecule has 1 fully saturated rings. The molecule has 0 saturated heterocycles. The molecule has 0 spiro atoms. The van der Waals surface area contributed by atoms with Crippen LogP contribution >= 0.6 is 0 Å². The molecule has 1 heterocycles. The molecule has 106 valence electrons. The minimum atomic E-state index is -0.768. The summed E-state index contributed by atoms with van der Waals surface area (Å²) in [5, 5.41) is 9.02. The molecule has 0 unspecified atom stereocenters. The Balaban J connectivity index is 2.09. The molecule has 3 rings (SSSR count). The van der Waals surface area contributed by atoms with E-state index >= 15 is 0 Å². The summed E-state index contributed by atoms with van der Waals surface area (Å²) in [6, 6.07) is 5.91. The van der Waals surface area contributed by atoms with E-state index in [1.54, 1.807) is 4.57 Å². The topological polar surface area (TPSA) is 75.1 Å². The lowest BCUT2D eigenvalue weighted by molar-refractivity contribution is -0.137. The number of benzene rings is 1. The average Bonchev–Trinajstić information content (AvgIpc) is 3.02. The van der Waals surface area contributed by atoms with E-state index in [1.165, 1.54) is 0 Å². The van der Waals surface area contributed by atoms with Crippen LogP contribution in [0.15, 0.2) is 23.0 Å². The van der Waals surface area contributed by atoms with Gasteiger partial charge in [0.2, 0.25) is 0 Å². The monoisotopic (exact) mass is 274 g/mol. The minimum absolute atomic E-state index is 0.0935. The molecule has 1 aromatic carbocycles. The number of rotatable bonds is 4. The van der Waals surface area contributed by atoms with Crippen molar-refractivity contribution in [3.63, 3.8) is 0 Å². The summed E-state index contributed by atoms with van der Waals surface area (Å²) in [5.74, 6) is -0.768. The highest BCUT2D eigenvalue weighted by atomic mass is 16.4. The molecule has 0 bridgehead atoms. The van der Waals surface area contributed by atoms with Crippen molar-refractivity contribution in [1.82, 2.24) is 9.55 Å². The molecule has 1 aromatic heterocycles. The molecule has 2 N–H and O–H groups in total. The molecule has 0 atom stereocenters. The van der Waals surface area contributed by atoms with Crippen LogP contribution in [-0.2, 0) is 10.2 Å². The van der Waals surface area contributed by atoms with Crippen molar-refractivity contribution in [1.29, 1.82) is 0 Å². The minimum Gasteiger partial charge on any atom is -0.481 e. The van der Waals surface area contributed by atoms with Crippen molar-refractivity contribution in [2.75, 3.05) is 0 Å². The van der Waals surface area contributed by atoms with Crippen LogP contribution in [0.2, 0.25) is 0 Å². The van der Waals surface area contributed by atoms with Crippen molar-refractivity contribution in [3.05, 3.63) is 34.2 Å². The Morgan fingerprint density at radius 1 is 1.45 bits per heavy atom. The van der Waals surface area contributed by atoms with Gasteiger partial charge >= 0.3 is 11.7 Å². The molecule has 5 heteroatoms. The van der Waals surface area contributed by atoms with Gasteiger partial charge < -0.3 is 10.1 Å². The van der Waals surface area contributed by atoms with Crippen LogP contribution in [-0.4, -0.2) is 20.6 Å². The Labute approximate surface area is 116 Å². The highest BCUT2D eigenvalue weighted by molar-refractivity contribution is 5.78. The number of carboxylic acid groups (broad SMARTS) is 1. The zero-order valence-electron chi connectivity index (χ0n) is 11.6. The fourth-order valence-electron chi connectivity index (χ4n) is 2.98. The third-order valence-corrected chi connectivity index (χ3v) is 4.19. The Morgan fingerprint density at radius 2 is 2.15 bits per heavy atom. The van der Waals surface area contributed by atoms with Crippen LogP contribution in [0.25, 0.3) is 11.0 Å². The first-order valence-corrected chi connectivity index (χ1v) is 6.89. The third kappa shape index (κ3) is 1.94. The molecule has 0 aliphatic heterocycles. The van der Waals surface area contributed by atoms with Crippen molar-refractivity contribution in [2.45, 2.75) is 44.6 Å². The lowest BCUT2D eigenvalue weighted by Gasteiger charge is -2.13. The van der Waals surface area contributed by atoms with Gasteiger partial charge in [-0.2, -0.15) is 0 Å². The van der Waals surface area contributed by atoms with Gasteiger partial charge in [0, 0.05) is 11.5 Å². The van der Waals surface area contributed by atoms with Gasteiger partial charge in [-0.1, -0.05) is 6.07 Å². The van der Waals surface area contributed by atoms with Crippen LogP contribution < -0.4 is 5.69 Å². The Bertz CT molecular complexity index is 735. The Morgan fingerprint density at radius 3 is 2.70 bits per heavy atom. The van der Waals surface area contributed by atoms with Crippen molar-refractivity contribution >= 4 is 17.0 Å². The molecule has 0 amide bonds. The summed E-state index contributed by atoms with van der Waals surface area (Å²) in [6.45, 7) is 3.94. The van der Waals surface area contributed by atoms with Gasteiger partial charge in [0.05, 0.1) is 17.5 Å². The highest BCUT2D eigenvalue weighted by Gasteiger charge is 2.46. The summed E-state index contributed by atoms with van der Waals surface area (Å²) in [6.07, 6.45) is 1.97. The zero-order valence-corrected chi connectivity index (χ0v) is 11.6. The lowest BCUT2D eigenvalue weighted by Crippen LogP contribution is -2.18. The van der Waals surface area contributed by atoms with Crippen molar-refractivity contribution < 1.29 is 9.90 Å². The molecule has 1 aliphatic rings. The van der Waals surface area contributed by atoms with E-state index in [4.69, 9.17) is 5.11 Å². The number of carbonyl (C=O) groups is 1. The molecule has 0 radical (unpaired) electrons. The quantitative estimate of drug-likeness (QED) is 0.899. The number of hydrogen-bond acceptors (Lipinski definition) is 2. The number of carboxylic acids is 1. The number of nitrogens with zero attached hydrogens (tertiary/aromatic N) is 1. The van der Waals surface area contributed by atoms with Crippen LogP contribution in [0.4, 0.5) is 0 Å². The smallest absolute Gasteiger partial charge is 0.326 e. The summed E-state index contributed by atoms with van der Waals surface area (Å²) >= 11 is 0. The van der Waals surface area contributed by atoms with E-state index in [2.05, 4.69) is 4.98 Å². The standard InChI is InChI=1S/C15H18N2O3/c1-9(2)17-12-4-3-10(7-11(12)16-14(17)20)15(5-6-15)8-13(18)19/h3-4,7,9H,5-6,8H2,1-2H3,(H,16,20)(H,18,19). The Hall–Kier alpha value is -2.04. The average molecular weight is 274 g/mol. The predicted octanol–water partition coefficient (Wildman–Crippen LogP) is 2.42. The van der Waals surface area contributed by atoms with Crippen LogP contribution in [0.3, 0.4) is 0 Å². The lowest BCUT2D eigenvalue weighted by atomic mass is 9.92. The second-order valence-electron chi connectivity index (χ2n) is 5.98. The number of aromatic nitrogens is 2. The van der Waals surface area contributed by atoms with Crippen LogP contribution in [0.5, 0.6) is 0 Å². The van der Waals surface area contributed by atoms with Gasteiger partial charge in [-0.05, 0) is 44.4 Å². The SMILES string of the molecule is CC(C)n1c(=O)[nH]c2cc(C3(CC(=O)O)CC3)ccc21. The number of hydrogen-bond donors (Lipinski definition) is 2. The van der Waals surface area contributed by atoms with Crippen LogP contribution in [0, 0.1) is 0 Å². The predicted molar refractivity (Wildman–Crippen MR) is 76.1 cm³/mol. The summed E-state index contributed by atoms with van der Waals surface area (Å²) in [4.78, 5) is 25.8.